The standard InChI is InChI=1S/C24H25FN8O2/c1-33(2)16-8-17(9-16)35-23-21(34-3)7-15(11-29-23)31-24-27-5-4-22(32-24)30-14-6-18-19(25)12-26-13-20(18)28-10-14/h4-7,10-13,16-17H,8-9H2,1-3H3,(H2,27,30,31,32). The van der Waals surface area contributed by atoms with Gasteiger partial charge in [-0.3, -0.25) is 9.97 Å². The fourth-order valence-electron chi connectivity index (χ4n) is 3.79. The van der Waals surface area contributed by atoms with E-state index in [1.165, 1.54) is 6.20 Å². The molecule has 4 aromatic rings. The van der Waals surface area contributed by atoms with Gasteiger partial charge >= 0.3 is 0 Å². The van der Waals surface area contributed by atoms with Crippen LogP contribution >= 0.6 is 0 Å². The molecule has 0 spiro atoms. The van der Waals surface area contributed by atoms with Crippen LogP contribution in [0.1, 0.15) is 12.8 Å². The lowest BCUT2D eigenvalue weighted by atomic mass is 9.88. The van der Waals surface area contributed by atoms with Crippen molar-refractivity contribution in [3.63, 3.8) is 0 Å². The number of methoxy groups -OCH3 is 1. The van der Waals surface area contributed by atoms with Gasteiger partial charge in [-0.15, -0.1) is 0 Å². The van der Waals surface area contributed by atoms with Crippen LogP contribution in [0, 0.1) is 5.82 Å². The Morgan fingerprint density at radius 3 is 2.60 bits per heavy atom. The molecule has 1 aliphatic rings. The van der Waals surface area contributed by atoms with E-state index in [4.69, 9.17) is 9.47 Å². The Morgan fingerprint density at radius 1 is 1.00 bits per heavy atom. The summed E-state index contributed by atoms with van der Waals surface area (Å²) in [6.07, 6.45) is 9.57. The average molecular weight is 477 g/mol. The molecule has 10 nitrogen and oxygen atoms in total. The molecule has 2 N–H and O–H groups in total. The summed E-state index contributed by atoms with van der Waals surface area (Å²) < 4.78 is 25.5. The second kappa shape index (κ2) is 9.63. The van der Waals surface area contributed by atoms with E-state index < -0.39 is 5.82 Å². The van der Waals surface area contributed by atoms with E-state index in [0.29, 0.717) is 51.7 Å². The predicted molar refractivity (Wildman–Crippen MR) is 130 cm³/mol. The average Bonchev–Trinajstić information content (AvgIpc) is 2.82. The summed E-state index contributed by atoms with van der Waals surface area (Å²) in [4.78, 5) is 23.4. The molecule has 0 radical (unpaired) electrons. The van der Waals surface area contributed by atoms with Crippen LogP contribution in [0.5, 0.6) is 11.6 Å². The zero-order chi connectivity index (χ0) is 24.4. The highest BCUT2D eigenvalue weighted by Crippen LogP contribution is 2.34. The first-order valence-electron chi connectivity index (χ1n) is 11.1. The topological polar surface area (TPSA) is 110 Å². The molecule has 5 rings (SSSR count). The number of hydrogen-bond acceptors (Lipinski definition) is 10. The van der Waals surface area contributed by atoms with Crippen LogP contribution in [0.2, 0.25) is 0 Å². The summed E-state index contributed by atoms with van der Waals surface area (Å²) in [5, 5.41) is 6.62. The van der Waals surface area contributed by atoms with Gasteiger partial charge in [0.05, 0.1) is 48.8 Å². The maximum Gasteiger partial charge on any atom is 0.257 e. The molecule has 0 bridgehead atoms. The third-order valence-electron chi connectivity index (χ3n) is 5.86. The minimum Gasteiger partial charge on any atom is -0.491 e. The minimum absolute atomic E-state index is 0.128. The van der Waals surface area contributed by atoms with Crippen LogP contribution in [-0.4, -0.2) is 63.2 Å². The molecule has 11 heteroatoms. The molecular weight excluding hydrogens is 451 g/mol. The Labute approximate surface area is 201 Å². The molecule has 0 unspecified atom stereocenters. The number of pyridine rings is 3. The number of nitrogens with zero attached hydrogens (tertiary/aromatic N) is 6. The van der Waals surface area contributed by atoms with Crippen LogP contribution in [0.25, 0.3) is 10.9 Å². The van der Waals surface area contributed by atoms with Gasteiger partial charge in [-0.05, 0) is 26.2 Å². The van der Waals surface area contributed by atoms with Gasteiger partial charge in [-0.2, -0.15) is 4.98 Å². The first-order chi connectivity index (χ1) is 17.0. The molecule has 0 aliphatic heterocycles. The zero-order valence-electron chi connectivity index (χ0n) is 19.6. The Hall–Kier alpha value is -4.12. The van der Waals surface area contributed by atoms with Crippen LogP contribution in [-0.2, 0) is 0 Å². The summed E-state index contributed by atoms with van der Waals surface area (Å²) in [6, 6.07) is 5.68. The van der Waals surface area contributed by atoms with Gasteiger partial charge in [-0.1, -0.05) is 0 Å². The van der Waals surface area contributed by atoms with Gasteiger partial charge in [0.25, 0.3) is 5.88 Å². The summed E-state index contributed by atoms with van der Waals surface area (Å²) in [5.41, 5.74) is 1.71. The molecule has 1 saturated carbocycles. The van der Waals surface area contributed by atoms with E-state index in [1.54, 1.807) is 43.9 Å². The fraction of sp³-hybridized carbons (Fsp3) is 0.292. The van der Waals surface area contributed by atoms with Gasteiger partial charge in [0.2, 0.25) is 5.95 Å². The molecule has 0 saturated heterocycles. The number of ether oxygens (including phenoxy) is 2. The molecule has 4 aromatic heterocycles. The summed E-state index contributed by atoms with van der Waals surface area (Å²) in [7, 11) is 5.72. The third kappa shape index (κ3) is 5.04. The van der Waals surface area contributed by atoms with Crippen molar-refractivity contribution in [1.29, 1.82) is 0 Å². The van der Waals surface area contributed by atoms with E-state index in [2.05, 4.69) is 54.5 Å². The maximum absolute atomic E-state index is 14.1. The lowest BCUT2D eigenvalue weighted by Gasteiger charge is -2.39. The Balaban J connectivity index is 1.27. The van der Waals surface area contributed by atoms with Gasteiger partial charge in [0.1, 0.15) is 11.9 Å². The van der Waals surface area contributed by atoms with E-state index in [0.717, 1.165) is 19.0 Å². The molecule has 1 aliphatic carbocycles. The number of nitrogens with one attached hydrogen (secondary N) is 2. The van der Waals surface area contributed by atoms with Crippen molar-refractivity contribution in [2.45, 2.75) is 25.0 Å². The van der Waals surface area contributed by atoms with Crippen molar-refractivity contribution in [3.8, 4) is 11.6 Å². The van der Waals surface area contributed by atoms with Gasteiger partial charge < -0.3 is 25.0 Å². The summed E-state index contributed by atoms with van der Waals surface area (Å²) >= 11 is 0. The number of fused-ring (bicyclic) bond motifs is 1. The van der Waals surface area contributed by atoms with E-state index >= 15 is 0 Å². The molecule has 0 atom stereocenters. The largest absolute Gasteiger partial charge is 0.491 e. The third-order valence-corrected chi connectivity index (χ3v) is 5.86. The van der Waals surface area contributed by atoms with Crippen molar-refractivity contribution < 1.29 is 13.9 Å². The summed E-state index contributed by atoms with van der Waals surface area (Å²) in [5.74, 6) is 1.41. The van der Waals surface area contributed by atoms with Crippen LogP contribution in [0.4, 0.5) is 27.5 Å². The van der Waals surface area contributed by atoms with Crippen LogP contribution < -0.4 is 20.1 Å². The van der Waals surface area contributed by atoms with E-state index in [9.17, 15) is 4.39 Å². The molecule has 0 aromatic carbocycles. The first kappa shape index (κ1) is 22.7. The molecular formula is C24H25FN8O2. The normalized spacial score (nSPS) is 17.2. The van der Waals surface area contributed by atoms with Crippen molar-refractivity contribution in [2.75, 3.05) is 31.8 Å². The van der Waals surface area contributed by atoms with E-state index in [-0.39, 0.29) is 6.10 Å². The Morgan fingerprint density at radius 2 is 1.80 bits per heavy atom. The van der Waals surface area contributed by atoms with E-state index in [1.807, 2.05) is 0 Å². The fourth-order valence-corrected chi connectivity index (χ4v) is 3.79. The molecule has 0 amide bonds. The maximum atomic E-state index is 14.1. The van der Waals surface area contributed by atoms with Gasteiger partial charge in [0.15, 0.2) is 11.6 Å². The van der Waals surface area contributed by atoms with Crippen molar-refractivity contribution in [3.05, 3.63) is 55.0 Å². The SMILES string of the molecule is COc1cc(Nc2nccc(Nc3cnc4cncc(F)c4c3)n2)cnc1OC1CC(N(C)C)C1. The van der Waals surface area contributed by atoms with Crippen LogP contribution in [0.15, 0.2) is 49.2 Å². The molecule has 180 valence electrons. The lowest BCUT2D eigenvalue weighted by molar-refractivity contribution is 0.0351. The highest BCUT2D eigenvalue weighted by molar-refractivity contribution is 5.82. The summed E-state index contributed by atoms with van der Waals surface area (Å²) in [6.45, 7) is 0. The number of halogens is 1. The molecule has 1 fully saturated rings. The van der Waals surface area contributed by atoms with Crippen molar-refractivity contribution in [2.24, 2.45) is 0 Å². The second-order valence-corrected chi connectivity index (χ2v) is 8.49. The first-order valence-corrected chi connectivity index (χ1v) is 11.1. The number of aromatic nitrogens is 5. The van der Waals surface area contributed by atoms with Crippen LogP contribution in [0.3, 0.4) is 0 Å². The Bertz CT molecular complexity index is 1350. The smallest absolute Gasteiger partial charge is 0.257 e. The Kier molecular flexibility index (Phi) is 6.23. The lowest BCUT2D eigenvalue weighted by Crippen LogP contribution is -2.46. The molecule has 35 heavy (non-hydrogen) atoms. The predicted octanol–water partition coefficient (Wildman–Crippen LogP) is 3.92. The van der Waals surface area contributed by atoms with Gasteiger partial charge in [0, 0.05) is 36.5 Å². The second-order valence-electron chi connectivity index (χ2n) is 8.49. The highest BCUT2D eigenvalue weighted by Gasteiger charge is 2.33. The zero-order valence-corrected chi connectivity index (χ0v) is 19.6. The highest BCUT2D eigenvalue weighted by atomic mass is 19.1. The number of rotatable bonds is 8. The molecule has 4 heterocycles. The monoisotopic (exact) mass is 476 g/mol. The minimum atomic E-state index is -0.438. The van der Waals surface area contributed by atoms with Crippen molar-refractivity contribution in [1.82, 2.24) is 29.8 Å². The quantitative estimate of drug-likeness (QED) is 0.388. The number of hydrogen-bond donors (Lipinski definition) is 2. The number of anilines is 4. The van der Waals surface area contributed by atoms with Gasteiger partial charge in [-0.25, -0.2) is 14.4 Å². The van der Waals surface area contributed by atoms with Crippen molar-refractivity contribution >= 4 is 34.0 Å².